The van der Waals surface area contributed by atoms with Crippen molar-refractivity contribution in [3.8, 4) is 0 Å². The summed E-state index contributed by atoms with van der Waals surface area (Å²) in [4.78, 5) is 14.8. The predicted octanol–water partition coefficient (Wildman–Crippen LogP) is 1.56. The van der Waals surface area contributed by atoms with Gasteiger partial charge in [0.1, 0.15) is 5.54 Å². The molecule has 21 heavy (non-hydrogen) atoms. The van der Waals surface area contributed by atoms with Crippen LogP contribution >= 0.6 is 0 Å². The molecule has 2 fully saturated rings. The van der Waals surface area contributed by atoms with E-state index in [1.807, 2.05) is 0 Å². The number of piperidine rings is 1. The second-order valence-corrected chi connectivity index (χ2v) is 6.37. The molecule has 0 bridgehead atoms. The molecule has 1 heterocycles. The Bertz CT molecular complexity index is 342. The minimum atomic E-state index is -0.465. The van der Waals surface area contributed by atoms with Gasteiger partial charge in [0.05, 0.1) is 13.2 Å². The third-order valence-electron chi connectivity index (χ3n) is 5.10. The van der Waals surface area contributed by atoms with E-state index in [1.54, 1.807) is 7.11 Å². The van der Waals surface area contributed by atoms with Crippen LogP contribution in [-0.2, 0) is 14.3 Å². The van der Waals surface area contributed by atoms with Gasteiger partial charge in [0.15, 0.2) is 0 Å². The van der Waals surface area contributed by atoms with Gasteiger partial charge in [-0.3, -0.25) is 4.79 Å². The van der Waals surface area contributed by atoms with Gasteiger partial charge in [-0.15, -0.1) is 0 Å². The van der Waals surface area contributed by atoms with Gasteiger partial charge in [-0.05, 0) is 45.1 Å². The molecule has 1 aliphatic heterocycles. The summed E-state index contributed by atoms with van der Waals surface area (Å²) in [5, 5.41) is 3.46. The Kier molecular flexibility index (Phi) is 6.02. The Morgan fingerprint density at radius 3 is 2.57 bits per heavy atom. The first kappa shape index (κ1) is 16.7. The molecule has 2 aliphatic rings. The number of methoxy groups -OCH3 is 2. The van der Waals surface area contributed by atoms with Crippen molar-refractivity contribution in [2.75, 3.05) is 33.9 Å². The number of hydrogen-bond acceptors (Lipinski definition) is 5. The van der Waals surface area contributed by atoms with E-state index >= 15 is 0 Å². The SMILES string of the molecule is CCCNC1(C(=O)OC)CCC(N2CCC(OC)CC2)C1. The van der Waals surface area contributed by atoms with Gasteiger partial charge in [0, 0.05) is 26.2 Å². The van der Waals surface area contributed by atoms with Crippen LogP contribution in [0.15, 0.2) is 0 Å². The maximum atomic E-state index is 12.2. The van der Waals surface area contributed by atoms with E-state index in [9.17, 15) is 4.79 Å². The van der Waals surface area contributed by atoms with Crippen LogP contribution in [0.5, 0.6) is 0 Å². The summed E-state index contributed by atoms with van der Waals surface area (Å²) in [7, 11) is 3.29. The number of carbonyl (C=O) groups is 1. The van der Waals surface area contributed by atoms with E-state index < -0.39 is 5.54 Å². The number of likely N-dealkylation sites (tertiary alicyclic amines) is 1. The lowest BCUT2D eigenvalue weighted by molar-refractivity contribution is -0.148. The van der Waals surface area contributed by atoms with Crippen LogP contribution in [0.25, 0.3) is 0 Å². The Labute approximate surface area is 128 Å². The summed E-state index contributed by atoms with van der Waals surface area (Å²) < 4.78 is 10.5. The van der Waals surface area contributed by atoms with Gasteiger partial charge >= 0.3 is 5.97 Å². The van der Waals surface area contributed by atoms with Crippen LogP contribution in [0.1, 0.15) is 45.4 Å². The number of esters is 1. The van der Waals surface area contributed by atoms with Crippen LogP contribution in [0.2, 0.25) is 0 Å². The standard InChI is InChI=1S/C16H30N2O3/c1-4-9-17-16(15(19)21-3)8-5-13(12-16)18-10-6-14(20-2)7-11-18/h13-14,17H,4-12H2,1-3H3. The molecule has 5 nitrogen and oxygen atoms in total. The zero-order chi connectivity index (χ0) is 15.3. The first-order valence-electron chi connectivity index (χ1n) is 8.25. The molecule has 1 saturated carbocycles. The predicted molar refractivity (Wildman–Crippen MR) is 82.3 cm³/mol. The van der Waals surface area contributed by atoms with E-state index in [2.05, 4.69) is 17.1 Å². The molecule has 2 atom stereocenters. The number of nitrogens with zero attached hydrogens (tertiary/aromatic N) is 1. The molecular formula is C16H30N2O3. The molecule has 0 spiro atoms. The molecule has 0 aromatic rings. The first-order valence-corrected chi connectivity index (χ1v) is 8.25. The lowest BCUT2D eigenvalue weighted by Crippen LogP contribution is -2.52. The number of ether oxygens (including phenoxy) is 2. The number of hydrogen-bond donors (Lipinski definition) is 1. The molecule has 2 rings (SSSR count). The van der Waals surface area contributed by atoms with Gasteiger partial charge in [0.2, 0.25) is 0 Å². The molecular weight excluding hydrogens is 268 g/mol. The topological polar surface area (TPSA) is 50.8 Å². The molecule has 5 heteroatoms. The van der Waals surface area contributed by atoms with Gasteiger partial charge < -0.3 is 19.7 Å². The van der Waals surface area contributed by atoms with Gasteiger partial charge in [-0.25, -0.2) is 0 Å². The fourth-order valence-electron chi connectivity index (χ4n) is 3.79. The number of rotatable bonds is 6. The van der Waals surface area contributed by atoms with Crippen molar-refractivity contribution in [2.45, 2.75) is 63.1 Å². The summed E-state index contributed by atoms with van der Waals surface area (Å²) in [6, 6.07) is 0.492. The fraction of sp³-hybridized carbons (Fsp3) is 0.938. The van der Waals surface area contributed by atoms with E-state index in [1.165, 1.54) is 7.11 Å². The number of nitrogens with one attached hydrogen (secondary N) is 1. The van der Waals surface area contributed by atoms with Crippen molar-refractivity contribution in [3.63, 3.8) is 0 Å². The minimum Gasteiger partial charge on any atom is -0.468 e. The highest BCUT2D eigenvalue weighted by molar-refractivity contribution is 5.81. The summed E-state index contributed by atoms with van der Waals surface area (Å²) in [5.74, 6) is -0.0924. The van der Waals surface area contributed by atoms with Crippen molar-refractivity contribution in [3.05, 3.63) is 0 Å². The highest BCUT2D eigenvalue weighted by atomic mass is 16.5. The van der Waals surface area contributed by atoms with E-state index in [0.29, 0.717) is 12.1 Å². The minimum absolute atomic E-state index is 0.0924. The maximum absolute atomic E-state index is 12.2. The van der Waals surface area contributed by atoms with Gasteiger partial charge in [0.25, 0.3) is 0 Å². The lowest BCUT2D eigenvalue weighted by Gasteiger charge is -2.36. The van der Waals surface area contributed by atoms with Crippen LogP contribution < -0.4 is 5.32 Å². The van der Waals surface area contributed by atoms with Crippen molar-refractivity contribution in [1.29, 1.82) is 0 Å². The quantitative estimate of drug-likeness (QED) is 0.754. The van der Waals surface area contributed by atoms with Crippen molar-refractivity contribution >= 4 is 5.97 Å². The average molecular weight is 298 g/mol. The van der Waals surface area contributed by atoms with Crippen LogP contribution in [0, 0.1) is 0 Å². The molecule has 1 aliphatic carbocycles. The third kappa shape index (κ3) is 3.76. The molecule has 0 aromatic carbocycles. The zero-order valence-corrected chi connectivity index (χ0v) is 13.7. The Balaban J connectivity index is 1.94. The van der Waals surface area contributed by atoms with Crippen molar-refractivity contribution in [2.24, 2.45) is 0 Å². The summed E-state index contributed by atoms with van der Waals surface area (Å²) in [5.41, 5.74) is -0.465. The Morgan fingerprint density at radius 1 is 1.29 bits per heavy atom. The highest BCUT2D eigenvalue weighted by Gasteiger charge is 2.47. The molecule has 0 radical (unpaired) electrons. The second kappa shape index (κ2) is 7.56. The largest absolute Gasteiger partial charge is 0.468 e. The van der Waals surface area contributed by atoms with Crippen LogP contribution in [-0.4, -0.2) is 62.4 Å². The molecule has 2 unspecified atom stereocenters. The lowest BCUT2D eigenvalue weighted by atomic mass is 9.96. The summed E-state index contributed by atoms with van der Waals surface area (Å²) >= 11 is 0. The summed E-state index contributed by atoms with van der Waals surface area (Å²) in [6.07, 6.45) is 6.46. The monoisotopic (exact) mass is 298 g/mol. The second-order valence-electron chi connectivity index (χ2n) is 6.37. The number of carbonyl (C=O) groups excluding carboxylic acids is 1. The third-order valence-corrected chi connectivity index (χ3v) is 5.10. The Morgan fingerprint density at radius 2 is 2.00 bits per heavy atom. The van der Waals surface area contributed by atoms with Gasteiger partial charge in [-0.1, -0.05) is 6.92 Å². The smallest absolute Gasteiger partial charge is 0.326 e. The highest BCUT2D eigenvalue weighted by Crippen LogP contribution is 2.35. The fourth-order valence-corrected chi connectivity index (χ4v) is 3.79. The van der Waals surface area contributed by atoms with Gasteiger partial charge in [-0.2, -0.15) is 0 Å². The normalized spacial score (nSPS) is 31.5. The van der Waals surface area contributed by atoms with Crippen molar-refractivity contribution in [1.82, 2.24) is 10.2 Å². The summed E-state index contributed by atoms with van der Waals surface area (Å²) in [6.45, 7) is 5.15. The molecule has 122 valence electrons. The van der Waals surface area contributed by atoms with E-state index in [0.717, 1.165) is 58.2 Å². The molecule has 0 amide bonds. The molecule has 1 saturated heterocycles. The first-order chi connectivity index (χ1) is 10.1. The van der Waals surface area contributed by atoms with Crippen molar-refractivity contribution < 1.29 is 14.3 Å². The van der Waals surface area contributed by atoms with Crippen LogP contribution in [0.4, 0.5) is 0 Å². The molecule has 1 N–H and O–H groups in total. The zero-order valence-electron chi connectivity index (χ0n) is 13.7. The maximum Gasteiger partial charge on any atom is 0.326 e. The molecule has 0 aromatic heterocycles. The average Bonchev–Trinajstić information content (AvgIpc) is 2.98. The van der Waals surface area contributed by atoms with Crippen LogP contribution in [0.3, 0.4) is 0 Å². The van der Waals surface area contributed by atoms with E-state index in [4.69, 9.17) is 9.47 Å². The van der Waals surface area contributed by atoms with E-state index in [-0.39, 0.29) is 5.97 Å². The Hall–Kier alpha value is -0.650.